The Labute approximate surface area is 535 Å². The lowest BCUT2D eigenvalue weighted by Crippen LogP contribution is -2.04. The molecule has 16 rings (SSSR count). The lowest BCUT2D eigenvalue weighted by Gasteiger charge is -2.20. The molecule has 0 radical (unpaired) electrons. The molecule has 0 atom stereocenters. The van der Waals surface area contributed by atoms with E-state index in [4.69, 9.17) is 21.5 Å². The van der Waals surface area contributed by atoms with Crippen molar-refractivity contribution in [1.29, 1.82) is 0 Å². The van der Waals surface area contributed by atoms with Crippen LogP contribution < -0.4 is 0 Å². The van der Waals surface area contributed by atoms with Gasteiger partial charge in [-0.15, -0.1) is 0 Å². The summed E-state index contributed by atoms with van der Waals surface area (Å²) in [6.07, 6.45) is 0. The van der Waals surface area contributed by atoms with E-state index in [2.05, 4.69) is 284 Å². The van der Waals surface area contributed by atoms with Gasteiger partial charge in [0.2, 0.25) is 0 Å². The topological polar surface area (TPSA) is 52.9 Å². The zero-order chi connectivity index (χ0) is 62.0. The maximum absolute atomic E-state index is 7.89. The minimum absolute atomic E-state index is 0.539. The number of benzene rings is 13. The van der Waals surface area contributed by atoms with Crippen molar-refractivity contribution in [2.75, 3.05) is 0 Å². The maximum Gasteiger partial charge on any atom is 0.187 e. The molecule has 16 aromatic rings. The number of aryl methyl sites for hydroxylation is 4. The van der Waals surface area contributed by atoms with Gasteiger partial charge in [0, 0.05) is 49.5 Å². The molecule has 0 N–H and O–H groups in total. The van der Waals surface area contributed by atoms with Crippen molar-refractivity contribution in [2.45, 2.75) is 27.7 Å². The largest absolute Gasteiger partial charge is 0.309 e. The summed E-state index contributed by atoms with van der Waals surface area (Å²) in [5, 5.41) is 4.60. The monoisotopic (exact) mass is 1180 g/mol. The number of hydrogen-bond acceptors (Lipinski definition) is 3. The minimum atomic E-state index is 0.539. The Hall–Kier alpha value is -12.0. The Bertz CT molecular complexity index is 5370. The molecule has 6 heteroatoms. The molecule has 434 valence electrons. The molecule has 0 aliphatic rings. The SMILES string of the molecule is [C-]#[N+]c1ccc(-c2ccc(-n3c4ccc(-c5cccc(C)c5)cc4c4cc(-c5cccc(C)c5)ccc43)c(-c3cc(-n4c5ccc(-c6cccc(C)c6)cc5c5cc(-c6cccc(C)c6)ccc54)ccc3-c3nc(-c4ccccc4)nc(-c4ccccc4)n3)c2)cc1. The molecule has 0 unspecified atom stereocenters. The summed E-state index contributed by atoms with van der Waals surface area (Å²) in [7, 11) is 0. The number of nitrogens with zero attached hydrogens (tertiary/aromatic N) is 6. The highest BCUT2D eigenvalue weighted by Gasteiger charge is 2.25. The highest BCUT2D eigenvalue weighted by atomic mass is 15.0. The van der Waals surface area contributed by atoms with E-state index in [1.807, 2.05) is 48.5 Å². The van der Waals surface area contributed by atoms with Gasteiger partial charge in [0.15, 0.2) is 23.2 Å². The summed E-state index contributed by atoms with van der Waals surface area (Å²) in [6, 6.07) is 105. The van der Waals surface area contributed by atoms with E-state index < -0.39 is 0 Å². The van der Waals surface area contributed by atoms with Crippen molar-refractivity contribution in [3.63, 3.8) is 0 Å². The van der Waals surface area contributed by atoms with Crippen LogP contribution in [-0.2, 0) is 0 Å². The Morgan fingerprint density at radius 2 is 0.620 bits per heavy atom. The molecule has 3 aromatic heterocycles. The lowest BCUT2D eigenvalue weighted by molar-refractivity contribution is 1.07. The predicted octanol–water partition coefficient (Wildman–Crippen LogP) is 22.9. The quantitative estimate of drug-likeness (QED) is 0.121. The van der Waals surface area contributed by atoms with Crippen molar-refractivity contribution in [2.24, 2.45) is 0 Å². The summed E-state index contributed by atoms with van der Waals surface area (Å²) in [5.41, 5.74) is 27.5. The summed E-state index contributed by atoms with van der Waals surface area (Å²) in [6.45, 7) is 16.5. The summed E-state index contributed by atoms with van der Waals surface area (Å²) in [5.74, 6) is 1.69. The fourth-order valence-corrected chi connectivity index (χ4v) is 13.5. The van der Waals surface area contributed by atoms with Crippen LogP contribution in [0.5, 0.6) is 0 Å². The van der Waals surface area contributed by atoms with Crippen molar-refractivity contribution < 1.29 is 0 Å². The molecule has 0 amide bonds. The molecule has 6 nitrogen and oxygen atoms in total. The van der Waals surface area contributed by atoms with Gasteiger partial charge in [0.05, 0.1) is 34.3 Å². The van der Waals surface area contributed by atoms with E-state index in [-0.39, 0.29) is 0 Å². The maximum atomic E-state index is 7.89. The van der Waals surface area contributed by atoms with Crippen LogP contribution in [0.4, 0.5) is 5.69 Å². The van der Waals surface area contributed by atoms with E-state index in [0.717, 1.165) is 116 Å². The average Bonchev–Trinajstić information content (AvgIpc) is 1.57. The summed E-state index contributed by atoms with van der Waals surface area (Å²) < 4.78 is 4.89. The zero-order valence-corrected chi connectivity index (χ0v) is 51.4. The van der Waals surface area contributed by atoms with Crippen molar-refractivity contribution in [3.05, 3.63) is 325 Å². The van der Waals surface area contributed by atoms with E-state index in [0.29, 0.717) is 23.2 Å². The summed E-state index contributed by atoms with van der Waals surface area (Å²) in [4.78, 5) is 20.0. The van der Waals surface area contributed by atoms with Gasteiger partial charge < -0.3 is 9.13 Å². The van der Waals surface area contributed by atoms with Crippen LogP contribution in [0.3, 0.4) is 0 Å². The molecule has 0 bridgehead atoms. The standard InChI is InChI=1S/C86H60N6/c1-54-16-12-24-61(44-54)66-31-39-79-75(49-66)76-50-67(62-25-13-17-55(2)45-62)32-40-80(76)91(79)71-37-38-72(86-89-84(59-20-8-6-9-21-59)88-85(90-86)60-22-10-7-11-23-60)73(53-71)74-48-65(58-28-35-70(87-5)36-29-58)30-41-81(74)92-82-42-33-68(63-26-14-18-56(3)46-63)51-77(82)78-52-69(34-43-83(78)92)64-27-15-19-57(4)47-64/h6-53H,1-4H3. The fourth-order valence-electron chi connectivity index (χ4n) is 13.5. The fraction of sp³-hybridized carbons (Fsp3) is 0.0465. The second kappa shape index (κ2) is 22.8. The van der Waals surface area contributed by atoms with Crippen LogP contribution in [0.1, 0.15) is 22.3 Å². The first kappa shape index (κ1) is 55.3. The van der Waals surface area contributed by atoms with Crippen LogP contribution in [-0.4, -0.2) is 24.1 Å². The van der Waals surface area contributed by atoms with Gasteiger partial charge in [-0.1, -0.05) is 235 Å². The van der Waals surface area contributed by atoms with Crippen LogP contribution in [0.2, 0.25) is 0 Å². The first-order valence-electron chi connectivity index (χ1n) is 31.2. The first-order chi connectivity index (χ1) is 45.1. The smallest absolute Gasteiger partial charge is 0.187 e. The normalized spacial score (nSPS) is 11.5. The Balaban J connectivity index is 1.02. The van der Waals surface area contributed by atoms with Crippen LogP contribution >= 0.6 is 0 Å². The zero-order valence-electron chi connectivity index (χ0n) is 51.4. The second-order valence-corrected chi connectivity index (χ2v) is 24.2. The summed E-state index contributed by atoms with van der Waals surface area (Å²) >= 11 is 0. The first-order valence-corrected chi connectivity index (χ1v) is 31.2. The third kappa shape index (κ3) is 10.1. The van der Waals surface area contributed by atoms with Gasteiger partial charge in [-0.3, -0.25) is 0 Å². The van der Waals surface area contributed by atoms with Crippen LogP contribution in [0, 0.1) is 34.3 Å². The van der Waals surface area contributed by atoms with Gasteiger partial charge in [0.25, 0.3) is 0 Å². The third-order valence-electron chi connectivity index (χ3n) is 18.0. The van der Waals surface area contributed by atoms with E-state index in [1.165, 1.54) is 44.5 Å². The minimum Gasteiger partial charge on any atom is -0.309 e. The van der Waals surface area contributed by atoms with Crippen LogP contribution in [0.15, 0.2) is 291 Å². The molecule has 0 spiro atoms. The third-order valence-corrected chi connectivity index (χ3v) is 18.0. The highest BCUT2D eigenvalue weighted by molar-refractivity contribution is 6.14. The molecule has 0 saturated heterocycles. The van der Waals surface area contributed by atoms with Crippen molar-refractivity contribution in [1.82, 2.24) is 24.1 Å². The Morgan fingerprint density at radius 1 is 0.261 bits per heavy atom. The Morgan fingerprint density at radius 3 is 1.03 bits per heavy atom. The number of fused-ring (bicyclic) bond motifs is 6. The molecular formula is C86H60N6. The van der Waals surface area contributed by atoms with Gasteiger partial charge in [0.1, 0.15) is 0 Å². The van der Waals surface area contributed by atoms with Gasteiger partial charge >= 0.3 is 0 Å². The molecule has 0 saturated carbocycles. The van der Waals surface area contributed by atoms with Gasteiger partial charge in [-0.25, -0.2) is 19.8 Å². The van der Waals surface area contributed by atoms with E-state index in [9.17, 15) is 0 Å². The lowest BCUT2D eigenvalue weighted by atomic mass is 9.93. The average molecular weight is 1180 g/mol. The second-order valence-electron chi connectivity index (χ2n) is 24.2. The van der Waals surface area contributed by atoms with Gasteiger partial charge in [-0.05, 0) is 168 Å². The molecule has 92 heavy (non-hydrogen) atoms. The van der Waals surface area contributed by atoms with E-state index in [1.54, 1.807) is 0 Å². The molecule has 3 heterocycles. The molecular weight excluding hydrogens is 1120 g/mol. The number of hydrogen-bond donors (Lipinski definition) is 0. The predicted molar refractivity (Wildman–Crippen MR) is 383 cm³/mol. The molecule has 0 aliphatic heterocycles. The number of rotatable bonds is 11. The highest BCUT2D eigenvalue weighted by Crippen LogP contribution is 2.46. The van der Waals surface area contributed by atoms with Crippen molar-refractivity contribution >= 4 is 49.3 Å². The molecule has 0 fully saturated rings. The molecule has 13 aromatic carbocycles. The van der Waals surface area contributed by atoms with Gasteiger partial charge in [-0.2, -0.15) is 0 Å². The number of aromatic nitrogens is 5. The molecule has 0 aliphatic carbocycles. The van der Waals surface area contributed by atoms with Crippen LogP contribution in [0.25, 0.3) is 161 Å². The van der Waals surface area contributed by atoms with Crippen molar-refractivity contribution in [3.8, 4) is 112 Å². The van der Waals surface area contributed by atoms with E-state index >= 15 is 0 Å². The Kier molecular flexibility index (Phi) is 13.7.